The predicted octanol–water partition coefficient (Wildman–Crippen LogP) is 4.42. The maximum Gasteiger partial charge on any atom is 0.123 e. The molecule has 1 N–H and O–H groups in total. The van der Waals surface area contributed by atoms with Crippen molar-refractivity contribution >= 4 is 0 Å². The van der Waals surface area contributed by atoms with Crippen LogP contribution in [0.2, 0.25) is 0 Å². The average Bonchev–Trinajstić information content (AvgIpc) is 2.45. The van der Waals surface area contributed by atoms with Gasteiger partial charge in [0.2, 0.25) is 0 Å². The first-order valence-corrected chi connectivity index (χ1v) is 7.23. The summed E-state index contributed by atoms with van der Waals surface area (Å²) in [6.45, 7) is 5.19. The maximum atomic E-state index is 12.9. The van der Waals surface area contributed by atoms with Gasteiger partial charge in [0.15, 0.2) is 0 Å². The van der Waals surface area contributed by atoms with E-state index >= 15 is 0 Å². The van der Waals surface area contributed by atoms with Gasteiger partial charge in [-0.3, -0.25) is 0 Å². The summed E-state index contributed by atoms with van der Waals surface area (Å²) in [6.07, 6.45) is 2.01. The first-order chi connectivity index (χ1) is 9.69. The minimum absolute atomic E-state index is 0.177. The highest BCUT2D eigenvalue weighted by Gasteiger charge is 2.08. The normalized spacial score (nSPS) is 12.3. The van der Waals surface area contributed by atoms with Crippen LogP contribution in [0.25, 0.3) is 0 Å². The van der Waals surface area contributed by atoms with Gasteiger partial charge in [-0.05, 0) is 49.6 Å². The van der Waals surface area contributed by atoms with Crippen LogP contribution >= 0.6 is 0 Å². The minimum Gasteiger partial charge on any atom is -0.310 e. The van der Waals surface area contributed by atoms with Crippen LogP contribution in [0.5, 0.6) is 0 Å². The van der Waals surface area contributed by atoms with Gasteiger partial charge in [-0.15, -0.1) is 0 Å². The van der Waals surface area contributed by atoms with Gasteiger partial charge in [0.1, 0.15) is 5.82 Å². The standard InChI is InChI=1S/C18H22FN/c1-3-18(16-7-9-17(19)10-8-16)20-12-11-15-6-4-5-14(2)13-15/h4-10,13,18,20H,3,11-12H2,1-2H3. The number of hydrogen-bond donors (Lipinski definition) is 1. The fourth-order valence-electron chi connectivity index (χ4n) is 2.45. The van der Waals surface area contributed by atoms with Crippen LogP contribution in [0.3, 0.4) is 0 Å². The van der Waals surface area contributed by atoms with E-state index in [4.69, 9.17) is 0 Å². The largest absolute Gasteiger partial charge is 0.310 e. The Bertz CT molecular complexity index is 533. The van der Waals surface area contributed by atoms with Gasteiger partial charge >= 0.3 is 0 Å². The third-order valence-electron chi connectivity index (χ3n) is 3.57. The molecule has 0 saturated carbocycles. The Kier molecular flexibility index (Phi) is 5.31. The quantitative estimate of drug-likeness (QED) is 0.820. The number of benzene rings is 2. The van der Waals surface area contributed by atoms with Crippen molar-refractivity contribution in [1.82, 2.24) is 5.32 Å². The van der Waals surface area contributed by atoms with Crippen molar-refractivity contribution in [2.75, 3.05) is 6.54 Å². The Morgan fingerprint density at radius 2 is 1.85 bits per heavy atom. The zero-order valence-corrected chi connectivity index (χ0v) is 12.2. The zero-order chi connectivity index (χ0) is 14.4. The van der Waals surface area contributed by atoms with Gasteiger partial charge in [0.25, 0.3) is 0 Å². The van der Waals surface area contributed by atoms with Crippen molar-refractivity contribution in [2.24, 2.45) is 0 Å². The van der Waals surface area contributed by atoms with Crippen molar-refractivity contribution < 1.29 is 4.39 Å². The van der Waals surface area contributed by atoms with E-state index in [1.54, 1.807) is 0 Å². The smallest absolute Gasteiger partial charge is 0.123 e. The molecular formula is C18H22FN. The van der Waals surface area contributed by atoms with Crippen LogP contribution in [0.4, 0.5) is 4.39 Å². The number of halogens is 1. The Morgan fingerprint density at radius 3 is 2.50 bits per heavy atom. The lowest BCUT2D eigenvalue weighted by molar-refractivity contribution is 0.521. The third-order valence-corrected chi connectivity index (χ3v) is 3.57. The van der Waals surface area contributed by atoms with Crippen molar-refractivity contribution in [1.29, 1.82) is 0 Å². The number of hydrogen-bond acceptors (Lipinski definition) is 1. The average molecular weight is 271 g/mol. The molecule has 20 heavy (non-hydrogen) atoms. The van der Waals surface area contributed by atoms with E-state index in [9.17, 15) is 4.39 Å². The second-order valence-electron chi connectivity index (χ2n) is 5.21. The summed E-state index contributed by atoms with van der Waals surface area (Å²) in [5.41, 5.74) is 3.80. The number of nitrogens with one attached hydrogen (secondary N) is 1. The zero-order valence-electron chi connectivity index (χ0n) is 12.2. The molecule has 0 aliphatic rings. The molecular weight excluding hydrogens is 249 g/mol. The molecule has 0 aliphatic carbocycles. The monoisotopic (exact) mass is 271 g/mol. The first kappa shape index (κ1) is 14.7. The van der Waals surface area contributed by atoms with E-state index in [-0.39, 0.29) is 5.82 Å². The van der Waals surface area contributed by atoms with E-state index in [1.807, 2.05) is 12.1 Å². The molecule has 0 radical (unpaired) electrons. The molecule has 0 aromatic heterocycles. The summed E-state index contributed by atoms with van der Waals surface area (Å²) in [5, 5.41) is 3.55. The molecule has 1 unspecified atom stereocenters. The molecule has 2 aromatic rings. The van der Waals surface area contributed by atoms with Gasteiger partial charge in [-0.1, -0.05) is 48.9 Å². The fourth-order valence-corrected chi connectivity index (χ4v) is 2.45. The van der Waals surface area contributed by atoms with Gasteiger partial charge in [0, 0.05) is 6.04 Å². The Hall–Kier alpha value is -1.67. The Labute approximate surface area is 120 Å². The molecule has 0 aliphatic heterocycles. The molecule has 0 bridgehead atoms. The highest BCUT2D eigenvalue weighted by Crippen LogP contribution is 2.17. The van der Waals surface area contributed by atoms with Crippen molar-refractivity contribution in [2.45, 2.75) is 32.7 Å². The van der Waals surface area contributed by atoms with Crippen LogP contribution in [0, 0.1) is 12.7 Å². The van der Waals surface area contributed by atoms with Crippen molar-refractivity contribution in [3.05, 3.63) is 71.0 Å². The molecule has 1 nitrogen and oxygen atoms in total. The minimum atomic E-state index is -0.177. The molecule has 0 amide bonds. The molecule has 2 aromatic carbocycles. The molecule has 2 heteroatoms. The van der Waals surface area contributed by atoms with Crippen molar-refractivity contribution in [3.63, 3.8) is 0 Å². The molecule has 1 atom stereocenters. The second-order valence-corrected chi connectivity index (χ2v) is 5.21. The summed E-state index contributed by atoms with van der Waals surface area (Å²) in [4.78, 5) is 0. The molecule has 0 fully saturated rings. The van der Waals surface area contributed by atoms with E-state index < -0.39 is 0 Å². The maximum absolute atomic E-state index is 12.9. The van der Waals surface area contributed by atoms with Crippen LogP contribution in [-0.2, 0) is 6.42 Å². The highest BCUT2D eigenvalue weighted by molar-refractivity contribution is 5.23. The Morgan fingerprint density at radius 1 is 1.10 bits per heavy atom. The summed E-state index contributed by atoms with van der Waals surface area (Å²) in [6, 6.07) is 15.7. The summed E-state index contributed by atoms with van der Waals surface area (Å²) < 4.78 is 12.9. The van der Waals surface area contributed by atoms with Crippen LogP contribution in [-0.4, -0.2) is 6.54 Å². The van der Waals surface area contributed by atoms with E-state index in [1.165, 1.54) is 23.3 Å². The van der Waals surface area contributed by atoms with E-state index in [2.05, 4.69) is 43.4 Å². The van der Waals surface area contributed by atoms with Gasteiger partial charge in [-0.2, -0.15) is 0 Å². The fraction of sp³-hybridized carbons (Fsp3) is 0.333. The van der Waals surface area contributed by atoms with Gasteiger partial charge in [0.05, 0.1) is 0 Å². The van der Waals surface area contributed by atoms with Gasteiger partial charge < -0.3 is 5.32 Å². The van der Waals surface area contributed by atoms with E-state index in [0.717, 1.165) is 24.9 Å². The number of rotatable bonds is 6. The molecule has 2 rings (SSSR count). The second kappa shape index (κ2) is 7.20. The highest BCUT2D eigenvalue weighted by atomic mass is 19.1. The van der Waals surface area contributed by atoms with Crippen LogP contribution in [0.1, 0.15) is 36.1 Å². The summed E-state index contributed by atoms with van der Waals surface area (Å²) in [5.74, 6) is -0.177. The van der Waals surface area contributed by atoms with Crippen molar-refractivity contribution in [3.8, 4) is 0 Å². The topological polar surface area (TPSA) is 12.0 Å². The third kappa shape index (κ3) is 4.17. The SMILES string of the molecule is CCC(NCCc1cccc(C)c1)c1ccc(F)cc1. The summed E-state index contributed by atoms with van der Waals surface area (Å²) >= 11 is 0. The Balaban J connectivity index is 1.89. The molecule has 0 saturated heterocycles. The van der Waals surface area contributed by atoms with Gasteiger partial charge in [-0.25, -0.2) is 4.39 Å². The van der Waals surface area contributed by atoms with Crippen LogP contribution < -0.4 is 5.32 Å². The van der Waals surface area contributed by atoms with E-state index in [0.29, 0.717) is 6.04 Å². The lowest BCUT2D eigenvalue weighted by atomic mass is 10.0. The summed E-state index contributed by atoms with van der Waals surface area (Å²) in [7, 11) is 0. The first-order valence-electron chi connectivity index (χ1n) is 7.23. The lowest BCUT2D eigenvalue weighted by Gasteiger charge is -2.17. The molecule has 0 heterocycles. The van der Waals surface area contributed by atoms with Crippen LogP contribution in [0.15, 0.2) is 48.5 Å². The molecule has 106 valence electrons. The predicted molar refractivity (Wildman–Crippen MR) is 82.3 cm³/mol. The number of aryl methyl sites for hydroxylation is 1. The molecule has 0 spiro atoms. The lowest BCUT2D eigenvalue weighted by Crippen LogP contribution is -2.23.